The van der Waals surface area contributed by atoms with Crippen molar-refractivity contribution in [1.82, 2.24) is 0 Å². The Kier molecular flexibility index (Phi) is 4.07. The molecule has 3 nitrogen and oxygen atoms in total. The molecular weight excluding hydrogens is 270 g/mol. The lowest BCUT2D eigenvalue weighted by molar-refractivity contribution is 0.0511. The van der Waals surface area contributed by atoms with Gasteiger partial charge < -0.3 is 14.4 Å². The summed E-state index contributed by atoms with van der Waals surface area (Å²) in [5.74, 6) is 0.845. The highest BCUT2D eigenvalue weighted by molar-refractivity contribution is 9.10. The van der Waals surface area contributed by atoms with E-state index in [2.05, 4.69) is 33.0 Å². The second-order valence-corrected chi connectivity index (χ2v) is 4.81. The Bertz CT molecular complexity index is 351. The van der Waals surface area contributed by atoms with Gasteiger partial charge in [0, 0.05) is 36.4 Å². The zero-order valence-electron chi connectivity index (χ0n) is 9.41. The van der Waals surface area contributed by atoms with E-state index in [0.29, 0.717) is 0 Å². The van der Waals surface area contributed by atoms with E-state index in [1.807, 2.05) is 6.07 Å². The van der Waals surface area contributed by atoms with Crippen molar-refractivity contribution in [3.63, 3.8) is 0 Å². The second-order valence-electron chi connectivity index (χ2n) is 3.89. The number of nitrogens with zero attached hydrogens (tertiary/aromatic N) is 1. The lowest BCUT2D eigenvalue weighted by Gasteiger charge is -2.19. The molecule has 1 aliphatic rings. The third-order valence-corrected chi connectivity index (χ3v) is 3.13. The molecule has 1 aromatic carbocycles. The maximum atomic E-state index is 5.46. The molecule has 0 aliphatic carbocycles. The van der Waals surface area contributed by atoms with E-state index in [9.17, 15) is 0 Å². The molecule has 0 aromatic heterocycles. The van der Waals surface area contributed by atoms with Crippen LogP contribution >= 0.6 is 15.9 Å². The molecule has 4 heteroatoms. The molecule has 0 atom stereocenters. The van der Waals surface area contributed by atoms with Crippen molar-refractivity contribution in [2.24, 2.45) is 0 Å². The highest BCUT2D eigenvalue weighted by Gasteiger charge is 2.13. The number of halogens is 1. The van der Waals surface area contributed by atoms with Crippen LogP contribution in [-0.2, 0) is 4.74 Å². The van der Waals surface area contributed by atoms with Gasteiger partial charge in [-0.2, -0.15) is 0 Å². The first-order valence-electron chi connectivity index (χ1n) is 5.47. The van der Waals surface area contributed by atoms with Gasteiger partial charge in [-0.25, -0.2) is 0 Å². The van der Waals surface area contributed by atoms with Crippen LogP contribution in [0.25, 0.3) is 0 Å². The lowest BCUT2D eigenvalue weighted by Crippen LogP contribution is -2.17. The summed E-state index contributed by atoms with van der Waals surface area (Å²) in [6.07, 6.45) is 2.56. The largest absolute Gasteiger partial charge is 0.467 e. The van der Waals surface area contributed by atoms with E-state index in [4.69, 9.17) is 9.47 Å². The second kappa shape index (κ2) is 5.55. The summed E-state index contributed by atoms with van der Waals surface area (Å²) in [4.78, 5) is 2.38. The van der Waals surface area contributed by atoms with Gasteiger partial charge in [0.15, 0.2) is 6.79 Å². The molecule has 1 heterocycles. The topological polar surface area (TPSA) is 21.7 Å². The molecule has 16 heavy (non-hydrogen) atoms. The third-order valence-electron chi connectivity index (χ3n) is 2.67. The zero-order chi connectivity index (χ0) is 11.4. The van der Waals surface area contributed by atoms with Crippen molar-refractivity contribution in [1.29, 1.82) is 0 Å². The smallest absolute Gasteiger partial charge is 0.188 e. The first-order chi connectivity index (χ1) is 7.79. The zero-order valence-corrected chi connectivity index (χ0v) is 11.0. The number of methoxy groups -OCH3 is 1. The molecule has 1 aliphatic heterocycles. The Labute approximate surface area is 104 Å². The van der Waals surface area contributed by atoms with Gasteiger partial charge in [-0.3, -0.25) is 0 Å². The van der Waals surface area contributed by atoms with Gasteiger partial charge >= 0.3 is 0 Å². The molecule has 0 amide bonds. The van der Waals surface area contributed by atoms with Crippen LogP contribution in [0, 0.1) is 0 Å². The fraction of sp³-hybridized carbons (Fsp3) is 0.500. The average Bonchev–Trinajstić information content (AvgIpc) is 2.79. The Hall–Kier alpha value is -0.740. The summed E-state index contributed by atoms with van der Waals surface area (Å²) < 4.78 is 11.4. The maximum Gasteiger partial charge on any atom is 0.188 e. The van der Waals surface area contributed by atoms with Crippen LogP contribution in [0.3, 0.4) is 0 Å². The van der Waals surface area contributed by atoms with Crippen LogP contribution in [0.1, 0.15) is 12.8 Å². The summed E-state index contributed by atoms with van der Waals surface area (Å²) in [6.45, 7) is 2.57. The maximum absolute atomic E-state index is 5.46. The van der Waals surface area contributed by atoms with Crippen molar-refractivity contribution in [2.45, 2.75) is 12.8 Å². The summed E-state index contributed by atoms with van der Waals surface area (Å²) in [5, 5.41) is 0. The van der Waals surface area contributed by atoms with E-state index in [1.54, 1.807) is 7.11 Å². The van der Waals surface area contributed by atoms with Crippen LogP contribution in [0.15, 0.2) is 22.7 Å². The summed E-state index contributed by atoms with van der Waals surface area (Å²) in [6, 6.07) is 6.15. The van der Waals surface area contributed by atoms with Crippen LogP contribution < -0.4 is 9.64 Å². The Morgan fingerprint density at radius 3 is 2.69 bits per heavy atom. The predicted molar refractivity (Wildman–Crippen MR) is 68.1 cm³/mol. The van der Waals surface area contributed by atoms with Crippen molar-refractivity contribution in [3.8, 4) is 5.75 Å². The number of hydrogen-bond acceptors (Lipinski definition) is 3. The molecule has 2 rings (SSSR count). The fourth-order valence-electron chi connectivity index (χ4n) is 1.92. The molecule has 1 saturated heterocycles. The van der Waals surface area contributed by atoms with Gasteiger partial charge in [0.25, 0.3) is 0 Å². The molecule has 1 fully saturated rings. The Balaban J connectivity index is 2.14. The van der Waals surface area contributed by atoms with E-state index < -0.39 is 0 Å². The first-order valence-corrected chi connectivity index (χ1v) is 6.26. The van der Waals surface area contributed by atoms with Gasteiger partial charge in [0.1, 0.15) is 5.75 Å². The molecule has 88 valence electrons. The minimum atomic E-state index is 0.288. The molecule has 0 saturated carbocycles. The van der Waals surface area contributed by atoms with E-state index in [-0.39, 0.29) is 6.79 Å². The van der Waals surface area contributed by atoms with Crippen molar-refractivity contribution in [2.75, 3.05) is 31.9 Å². The number of hydrogen-bond donors (Lipinski definition) is 0. The Morgan fingerprint density at radius 2 is 2.00 bits per heavy atom. The fourth-order valence-corrected chi connectivity index (χ4v) is 2.38. The summed E-state index contributed by atoms with van der Waals surface area (Å²) in [7, 11) is 1.62. The van der Waals surface area contributed by atoms with Crippen LogP contribution in [-0.4, -0.2) is 27.0 Å². The normalized spacial score (nSPS) is 15.5. The monoisotopic (exact) mass is 285 g/mol. The molecule has 0 N–H and O–H groups in total. The number of benzene rings is 1. The Morgan fingerprint density at radius 1 is 1.25 bits per heavy atom. The molecule has 0 bridgehead atoms. The van der Waals surface area contributed by atoms with Crippen molar-refractivity contribution >= 4 is 21.6 Å². The van der Waals surface area contributed by atoms with Gasteiger partial charge in [-0.1, -0.05) is 15.9 Å². The standard InChI is InChI=1S/C12H16BrNO2/c1-15-9-16-12-7-10(13)6-11(8-12)14-4-2-3-5-14/h6-8H,2-5,9H2,1H3. The summed E-state index contributed by atoms with van der Waals surface area (Å²) in [5.41, 5.74) is 1.22. The van der Waals surface area contributed by atoms with Gasteiger partial charge in [0.2, 0.25) is 0 Å². The average molecular weight is 286 g/mol. The van der Waals surface area contributed by atoms with Crippen LogP contribution in [0.2, 0.25) is 0 Å². The van der Waals surface area contributed by atoms with Crippen molar-refractivity contribution in [3.05, 3.63) is 22.7 Å². The SMILES string of the molecule is COCOc1cc(Br)cc(N2CCCC2)c1. The predicted octanol–water partition coefficient (Wildman–Crippen LogP) is 3.03. The van der Waals surface area contributed by atoms with Crippen LogP contribution in [0.4, 0.5) is 5.69 Å². The molecular formula is C12H16BrNO2. The third kappa shape index (κ3) is 2.89. The van der Waals surface area contributed by atoms with Gasteiger partial charge in [-0.15, -0.1) is 0 Å². The van der Waals surface area contributed by atoms with Crippen LogP contribution in [0.5, 0.6) is 5.75 Å². The quantitative estimate of drug-likeness (QED) is 0.794. The van der Waals surface area contributed by atoms with E-state index >= 15 is 0 Å². The number of rotatable bonds is 4. The van der Waals surface area contributed by atoms with E-state index in [0.717, 1.165) is 23.3 Å². The molecule has 1 aromatic rings. The van der Waals surface area contributed by atoms with E-state index in [1.165, 1.54) is 18.5 Å². The number of ether oxygens (including phenoxy) is 2. The highest BCUT2D eigenvalue weighted by atomic mass is 79.9. The number of anilines is 1. The molecule has 0 spiro atoms. The lowest BCUT2D eigenvalue weighted by atomic mass is 10.3. The highest BCUT2D eigenvalue weighted by Crippen LogP contribution is 2.29. The van der Waals surface area contributed by atoms with Gasteiger partial charge in [0.05, 0.1) is 0 Å². The van der Waals surface area contributed by atoms with Crippen molar-refractivity contribution < 1.29 is 9.47 Å². The molecule has 0 unspecified atom stereocenters. The van der Waals surface area contributed by atoms with Gasteiger partial charge in [-0.05, 0) is 25.0 Å². The minimum Gasteiger partial charge on any atom is -0.467 e. The minimum absolute atomic E-state index is 0.288. The summed E-state index contributed by atoms with van der Waals surface area (Å²) >= 11 is 3.50. The molecule has 0 radical (unpaired) electrons. The first kappa shape index (κ1) is 11.7.